The monoisotopic (exact) mass is 376 g/mol. The van der Waals surface area contributed by atoms with Gasteiger partial charge < -0.3 is 37.0 Å². The van der Waals surface area contributed by atoms with E-state index in [0.717, 1.165) is 0 Å². The summed E-state index contributed by atoms with van der Waals surface area (Å²) in [6.45, 7) is -1.27. The molecule has 3 amide bonds. The lowest BCUT2D eigenvalue weighted by molar-refractivity contribution is -0.141. The van der Waals surface area contributed by atoms with Crippen LogP contribution in [0, 0.1) is 0 Å². The Labute approximate surface area is 146 Å². The van der Waals surface area contributed by atoms with E-state index in [1.54, 1.807) is 0 Å². The van der Waals surface area contributed by atoms with Crippen molar-refractivity contribution in [1.82, 2.24) is 16.0 Å². The first kappa shape index (κ1) is 22.8. The van der Waals surface area contributed by atoms with Gasteiger partial charge in [0.05, 0.1) is 13.0 Å². The molecule has 0 saturated heterocycles. The van der Waals surface area contributed by atoms with Crippen LogP contribution in [0.25, 0.3) is 0 Å². The van der Waals surface area contributed by atoms with Crippen LogP contribution in [-0.4, -0.2) is 76.1 Å². The van der Waals surface area contributed by atoms with Gasteiger partial charge >= 0.3 is 17.9 Å². The second-order valence-electron chi connectivity index (χ2n) is 5.03. The molecule has 0 bridgehead atoms. The van der Waals surface area contributed by atoms with Gasteiger partial charge in [0.25, 0.3) is 0 Å². The molecule has 0 aliphatic rings. The van der Waals surface area contributed by atoms with Crippen LogP contribution in [0.4, 0.5) is 0 Å². The smallest absolute Gasteiger partial charge is 0.322 e. The normalized spacial score (nSPS) is 12.3. The Hall–Kier alpha value is -3.22. The molecule has 2 atom stereocenters. The number of rotatable bonds is 12. The average Bonchev–Trinajstić information content (AvgIpc) is 2.54. The molecule has 0 aliphatic heterocycles. The van der Waals surface area contributed by atoms with Gasteiger partial charge in [-0.25, -0.2) is 0 Å². The van der Waals surface area contributed by atoms with Crippen LogP contribution < -0.4 is 21.7 Å². The number of amides is 3. The van der Waals surface area contributed by atoms with Crippen LogP contribution in [0.2, 0.25) is 0 Å². The first-order valence-corrected chi connectivity index (χ1v) is 7.29. The topological polar surface area (TPSA) is 225 Å². The summed E-state index contributed by atoms with van der Waals surface area (Å²) in [5, 5.41) is 32.2. The maximum Gasteiger partial charge on any atom is 0.322 e. The van der Waals surface area contributed by atoms with Crippen LogP contribution in [0.3, 0.4) is 0 Å². The molecule has 26 heavy (non-hydrogen) atoms. The average molecular weight is 376 g/mol. The van der Waals surface area contributed by atoms with Crippen LogP contribution >= 0.6 is 0 Å². The SMILES string of the molecule is NCC(=O)NC(CC(=O)O)C(=O)NC(CCC(=O)O)C(=O)NCC(=O)O. The standard InChI is InChI=1S/C13H20N4O9/c14-4-8(18)16-7(3-10(21)22)13(26)17-6(1-2-9(19)20)12(25)15-5-11(23)24/h6-7H,1-5,14H2,(H,15,25)(H,16,18)(H,17,26)(H,19,20)(H,21,22)(H,23,24). The van der Waals surface area contributed by atoms with E-state index in [1.807, 2.05) is 5.32 Å². The Balaban J connectivity index is 5.14. The largest absolute Gasteiger partial charge is 0.481 e. The minimum atomic E-state index is -1.55. The number of carboxylic acid groups (broad SMARTS) is 3. The third-order valence-electron chi connectivity index (χ3n) is 2.91. The molecule has 0 saturated carbocycles. The third-order valence-corrected chi connectivity index (χ3v) is 2.91. The summed E-state index contributed by atoms with van der Waals surface area (Å²) in [4.78, 5) is 67.3. The summed E-state index contributed by atoms with van der Waals surface area (Å²) < 4.78 is 0. The molecule has 146 valence electrons. The summed E-state index contributed by atoms with van der Waals surface area (Å²) in [6, 6.07) is -2.99. The summed E-state index contributed by atoms with van der Waals surface area (Å²) in [5.41, 5.74) is 5.07. The highest BCUT2D eigenvalue weighted by Crippen LogP contribution is 2.01. The van der Waals surface area contributed by atoms with Crippen LogP contribution in [0.15, 0.2) is 0 Å². The highest BCUT2D eigenvalue weighted by molar-refractivity contribution is 5.94. The molecule has 0 radical (unpaired) electrons. The Kier molecular flexibility index (Phi) is 9.95. The van der Waals surface area contributed by atoms with E-state index in [1.165, 1.54) is 0 Å². The van der Waals surface area contributed by atoms with Crippen LogP contribution in [-0.2, 0) is 28.8 Å². The fourth-order valence-electron chi connectivity index (χ4n) is 1.73. The molecule has 13 nitrogen and oxygen atoms in total. The number of nitrogens with one attached hydrogen (secondary N) is 3. The molecule has 2 unspecified atom stereocenters. The lowest BCUT2D eigenvalue weighted by Gasteiger charge is -2.21. The van der Waals surface area contributed by atoms with Gasteiger partial charge in [0.15, 0.2) is 0 Å². The van der Waals surface area contributed by atoms with Gasteiger partial charge in [-0.1, -0.05) is 0 Å². The van der Waals surface area contributed by atoms with Gasteiger partial charge in [-0.05, 0) is 6.42 Å². The van der Waals surface area contributed by atoms with Crippen molar-refractivity contribution in [2.45, 2.75) is 31.3 Å². The van der Waals surface area contributed by atoms with E-state index in [2.05, 4.69) is 10.6 Å². The second-order valence-corrected chi connectivity index (χ2v) is 5.03. The predicted molar refractivity (Wildman–Crippen MR) is 82.7 cm³/mol. The Morgan fingerprint density at radius 3 is 1.88 bits per heavy atom. The molecule has 8 N–H and O–H groups in total. The Morgan fingerprint density at radius 1 is 0.808 bits per heavy atom. The Morgan fingerprint density at radius 2 is 1.42 bits per heavy atom. The lowest BCUT2D eigenvalue weighted by Crippen LogP contribution is -2.55. The van der Waals surface area contributed by atoms with Gasteiger partial charge in [-0.3, -0.25) is 28.8 Å². The summed E-state index contributed by atoms with van der Waals surface area (Å²) in [6.07, 6.45) is -1.71. The molecule has 0 heterocycles. The molecule has 0 spiro atoms. The first-order chi connectivity index (χ1) is 12.1. The number of aliphatic carboxylic acids is 3. The Bertz CT molecular complexity index is 578. The van der Waals surface area contributed by atoms with E-state index in [9.17, 15) is 28.8 Å². The van der Waals surface area contributed by atoms with E-state index in [0.29, 0.717) is 0 Å². The lowest BCUT2D eigenvalue weighted by atomic mass is 10.1. The second kappa shape index (κ2) is 11.4. The van der Waals surface area contributed by atoms with Gasteiger partial charge in [-0.15, -0.1) is 0 Å². The van der Waals surface area contributed by atoms with E-state index in [4.69, 9.17) is 21.1 Å². The van der Waals surface area contributed by atoms with Crippen molar-refractivity contribution in [2.24, 2.45) is 5.73 Å². The van der Waals surface area contributed by atoms with E-state index < -0.39 is 73.6 Å². The summed E-state index contributed by atoms with van der Waals surface area (Å²) in [7, 11) is 0. The zero-order chi connectivity index (χ0) is 20.3. The zero-order valence-electron chi connectivity index (χ0n) is 13.6. The van der Waals surface area contributed by atoms with Gasteiger partial charge in [0.1, 0.15) is 18.6 Å². The minimum Gasteiger partial charge on any atom is -0.481 e. The number of hydrogen-bond acceptors (Lipinski definition) is 7. The molecule has 0 aromatic heterocycles. The van der Waals surface area contributed by atoms with Crippen LogP contribution in [0.5, 0.6) is 0 Å². The molecule has 0 aromatic rings. The summed E-state index contributed by atoms with van der Waals surface area (Å²) >= 11 is 0. The first-order valence-electron chi connectivity index (χ1n) is 7.29. The number of nitrogens with two attached hydrogens (primary N) is 1. The molecule has 13 heteroatoms. The van der Waals surface area contributed by atoms with Gasteiger partial charge in [-0.2, -0.15) is 0 Å². The van der Waals surface area contributed by atoms with E-state index in [-0.39, 0.29) is 6.42 Å². The van der Waals surface area contributed by atoms with Gasteiger partial charge in [0, 0.05) is 6.42 Å². The van der Waals surface area contributed by atoms with Crippen molar-refractivity contribution in [3.05, 3.63) is 0 Å². The zero-order valence-corrected chi connectivity index (χ0v) is 13.6. The molecular weight excluding hydrogens is 356 g/mol. The molecular formula is C13H20N4O9. The van der Waals surface area contributed by atoms with Gasteiger partial charge in [0.2, 0.25) is 17.7 Å². The van der Waals surface area contributed by atoms with Crippen molar-refractivity contribution in [2.75, 3.05) is 13.1 Å². The predicted octanol–water partition coefficient (Wildman–Crippen LogP) is -3.54. The quantitative estimate of drug-likeness (QED) is 0.177. The fourth-order valence-corrected chi connectivity index (χ4v) is 1.73. The minimum absolute atomic E-state index is 0.378. The number of carbonyl (C=O) groups is 6. The highest BCUT2D eigenvalue weighted by atomic mass is 16.4. The van der Waals surface area contributed by atoms with Crippen molar-refractivity contribution in [1.29, 1.82) is 0 Å². The molecule has 0 aromatic carbocycles. The molecule has 0 rings (SSSR count). The maximum atomic E-state index is 12.2. The van der Waals surface area contributed by atoms with Crippen molar-refractivity contribution >= 4 is 35.6 Å². The molecule has 0 fully saturated rings. The maximum absolute atomic E-state index is 12.2. The fraction of sp³-hybridized carbons (Fsp3) is 0.538. The number of carbonyl (C=O) groups excluding carboxylic acids is 3. The van der Waals surface area contributed by atoms with Crippen molar-refractivity contribution < 1.29 is 44.1 Å². The molecule has 0 aliphatic carbocycles. The van der Waals surface area contributed by atoms with Crippen molar-refractivity contribution in [3.8, 4) is 0 Å². The summed E-state index contributed by atoms with van der Waals surface area (Å²) in [5.74, 6) is -6.89. The number of hydrogen-bond donors (Lipinski definition) is 7. The highest BCUT2D eigenvalue weighted by Gasteiger charge is 2.28. The number of carboxylic acids is 3. The van der Waals surface area contributed by atoms with Crippen molar-refractivity contribution in [3.63, 3.8) is 0 Å². The van der Waals surface area contributed by atoms with E-state index >= 15 is 0 Å². The third kappa shape index (κ3) is 9.82. The van der Waals surface area contributed by atoms with Crippen LogP contribution in [0.1, 0.15) is 19.3 Å².